The number of benzene rings is 3. The minimum Gasteiger partial charge on any atom is -0.462 e. The summed E-state index contributed by atoms with van der Waals surface area (Å²) in [5.41, 5.74) is 1.22. The Morgan fingerprint density at radius 1 is 0.872 bits per heavy atom. The number of esters is 1. The smallest absolute Gasteiger partial charge is 0.338 e. The summed E-state index contributed by atoms with van der Waals surface area (Å²) in [7, 11) is 0. The number of amides is 3. The molecule has 0 spiro atoms. The number of hydrogen-bond acceptors (Lipinski definition) is 6. The van der Waals surface area contributed by atoms with E-state index in [1.54, 1.807) is 36.4 Å². The van der Waals surface area contributed by atoms with Crippen LogP contribution >= 0.6 is 34.8 Å². The summed E-state index contributed by atoms with van der Waals surface area (Å²) < 4.78 is 5.22. The van der Waals surface area contributed by atoms with Gasteiger partial charge in [-0.05, 0) is 61.0 Å². The Morgan fingerprint density at radius 2 is 1.56 bits per heavy atom. The lowest BCUT2D eigenvalue weighted by Crippen LogP contribution is -2.32. The zero-order valence-corrected chi connectivity index (χ0v) is 22.9. The molecule has 0 saturated heterocycles. The predicted octanol–water partition coefficient (Wildman–Crippen LogP) is 6.64. The average molecular weight is 587 g/mol. The molecule has 0 saturated carbocycles. The molecule has 0 aromatic heterocycles. The van der Waals surface area contributed by atoms with Crippen LogP contribution in [0.2, 0.25) is 10.0 Å². The molecule has 39 heavy (non-hydrogen) atoms. The quantitative estimate of drug-likeness (QED) is 0.165. The molecule has 2 N–H and O–H groups in total. The van der Waals surface area contributed by atoms with E-state index in [1.165, 1.54) is 30.3 Å². The van der Waals surface area contributed by atoms with E-state index in [-0.39, 0.29) is 32.0 Å². The zero-order valence-electron chi connectivity index (χ0n) is 20.6. The first kappa shape index (κ1) is 28.2. The normalized spacial score (nSPS) is 13.1. The van der Waals surface area contributed by atoms with Gasteiger partial charge in [0.25, 0.3) is 17.7 Å². The second-order valence-corrected chi connectivity index (χ2v) is 9.68. The molecular formula is C28H22Cl3N3O5. The van der Waals surface area contributed by atoms with Crippen molar-refractivity contribution in [1.82, 2.24) is 0 Å². The van der Waals surface area contributed by atoms with Crippen molar-refractivity contribution in [2.45, 2.75) is 19.8 Å². The first-order chi connectivity index (χ1) is 18.7. The van der Waals surface area contributed by atoms with Crippen LogP contribution < -0.4 is 15.5 Å². The molecule has 0 atom stereocenters. The lowest BCUT2D eigenvalue weighted by molar-refractivity contribution is -0.120. The Morgan fingerprint density at radius 3 is 2.31 bits per heavy atom. The van der Waals surface area contributed by atoms with Crippen molar-refractivity contribution in [3.05, 3.63) is 98.6 Å². The van der Waals surface area contributed by atoms with Crippen molar-refractivity contribution >= 4 is 75.6 Å². The number of unbranched alkanes of at least 4 members (excludes halogenated alkanes) is 1. The molecule has 3 amide bonds. The Balaban J connectivity index is 1.48. The summed E-state index contributed by atoms with van der Waals surface area (Å²) in [6.07, 6.45) is 1.67. The maximum absolute atomic E-state index is 13.1. The topological polar surface area (TPSA) is 105 Å². The minimum atomic E-state index is -0.768. The molecule has 8 nitrogen and oxygen atoms in total. The zero-order chi connectivity index (χ0) is 28.1. The molecule has 0 bridgehead atoms. The summed E-state index contributed by atoms with van der Waals surface area (Å²) >= 11 is 18.4. The minimum absolute atomic E-state index is 0.0960. The van der Waals surface area contributed by atoms with Crippen LogP contribution in [0.15, 0.2) is 77.5 Å². The molecule has 1 heterocycles. The summed E-state index contributed by atoms with van der Waals surface area (Å²) in [5.74, 6) is -2.43. The molecule has 3 aromatic carbocycles. The number of nitrogens with zero attached hydrogens (tertiary/aromatic N) is 1. The van der Waals surface area contributed by atoms with Crippen LogP contribution in [0.1, 0.15) is 40.5 Å². The molecule has 1 aliphatic rings. The van der Waals surface area contributed by atoms with Gasteiger partial charge in [-0.25, -0.2) is 9.69 Å². The van der Waals surface area contributed by atoms with Crippen molar-refractivity contribution < 1.29 is 23.9 Å². The van der Waals surface area contributed by atoms with Crippen molar-refractivity contribution in [2.24, 2.45) is 0 Å². The number of nitrogens with one attached hydrogen (secondary N) is 2. The molecule has 0 aliphatic carbocycles. The summed E-state index contributed by atoms with van der Waals surface area (Å²) in [5, 5.41) is 5.65. The Kier molecular flexibility index (Phi) is 8.91. The van der Waals surface area contributed by atoms with Gasteiger partial charge < -0.3 is 15.4 Å². The van der Waals surface area contributed by atoms with E-state index in [4.69, 9.17) is 39.5 Å². The van der Waals surface area contributed by atoms with Crippen molar-refractivity contribution in [3.8, 4) is 0 Å². The fourth-order valence-electron chi connectivity index (χ4n) is 3.69. The van der Waals surface area contributed by atoms with E-state index in [1.807, 2.05) is 6.92 Å². The van der Waals surface area contributed by atoms with Gasteiger partial charge in [0.2, 0.25) is 0 Å². The molecular weight excluding hydrogens is 565 g/mol. The van der Waals surface area contributed by atoms with Gasteiger partial charge in [-0.2, -0.15) is 0 Å². The molecule has 1 aliphatic heterocycles. The van der Waals surface area contributed by atoms with Crippen molar-refractivity contribution in [2.75, 3.05) is 22.1 Å². The number of carbonyl (C=O) groups excluding carboxylic acids is 4. The van der Waals surface area contributed by atoms with Crippen LogP contribution in [-0.4, -0.2) is 30.3 Å². The Labute approximate surface area is 239 Å². The van der Waals surface area contributed by atoms with Crippen LogP contribution in [0.3, 0.4) is 0 Å². The van der Waals surface area contributed by atoms with E-state index < -0.39 is 23.7 Å². The number of hydrogen-bond donors (Lipinski definition) is 2. The number of rotatable bonds is 9. The number of imide groups is 1. The number of carbonyl (C=O) groups is 4. The van der Waals surface area contributed by atoms with Crippen molar-refractivity contribution in [1.29, 1.82) is 0 Å². The first-order valence-electron chi connectivity index (χ1n) is 11.9. The molecule has 0 radical (unpaired) electrons. The number of anilines is 3. The first-order valence-corrected chi connectivity index (χ1v) is 13.0. The van der Waals surface area contributed by atoms with Crippen LogP contribution in [0.4, 0.5) is 17.1 Å². The van der Waals surface area contributed by atoms with E-state index in [2.05, 4.69) is 10.6 Å². The molecule has 11 heteroatoms. The van der Waals surface area contributed by atoms with Crippen LogP contribution in [0.5, 0.6) is 0 Å². The maximum atomic E-state index is 13.1. The largest absolute Gasteiger partial charge is 0.462 e. The molecule has 4 rings (SSSR count). The number of ether oxygens (including phenoxy) is 1. The van der Waals surface area contributed by atoms with Gasteiger partial charge in [-0.15, -0.1) is 0 Å². The van der Waals surface area contributed by atoms with Gasteiger partial charge in [0, 0.05) is 22.0 Å². The van der Waals surface area contributed by atoms with Crippen LogP contribution in [0.25, 0.3) is 0 Å². The highest BCUT2D eigenvalue weighted by Crippen LogP contribution is 2.36. The van der Waals surface area contributed by atoms with Gasteiger partial charge in [0.15, 0.2) is 0 Å². The van der Waals surface area contributed by atoms with E-state index >= 15 is 0 Å². The Bertz CT molecular complexity index is 1510. The highest BCUT2D eigenvalue weighted by Gasteiger charge is 2.40. The third-order valence-electron chi connectivity index (χ3n) is 5.66. The third-order valence-corrected chi connectivity index (χ3v) is 6.56. The number of halogens is 3. The predicted molar refractivity (Wildman–Crippen MR) is 151 cm³/mol. The van der Waals surface area contributed by atoms with E-state index in [9.17, 15) is 19.2 Å². The Hall–Kier alpha value is -3.85. The summed E-state index contributed by atoms with van der Waals surface area (Å²) in [4.78, 5) is 51.9. The summed E-state index contributed by atoms with van der Waals surface area (Å²) in [6, 6.07) is 17.0. The lowest BCUT2D eigenvalue weighted by Gasteiger charge is -2.17. The third kappa shape index (κ3) is 6.42. The average Bonchev–Trinajstić information content (AvgIpc) is 3.13. The highest BCUT2D eigenvalue weighted by molar-refractivity contribution is 6.54. The van der Waals surface area contributed by atoms with Gasteiger partial charge in [-0.3, -0.25) is 14.4 Å². The highest BCUT2D eigenvalue weighted by atomic mass is 35.5. The molecule has 0 unspecified atom stereocenters. The fourth-order valence-corrected chi connectivity index (χ4v) is 4.27. The lowest BCUT2D eigenvalue weighted by atomic mass is 10.1. The SMILES string of the molecule is CCCCOC(=O)c1cccc(NC(=O)c2cccc(NC3=C(Cl)C(=O)N(c4cc(Cl)ccc4Cl)C3=O)c2)c1. The standard InChI is InChI=1S/C28H22Cl3N3O5/c1-2-3-12-39-28(38)17-7-5-9-20(14-17)33-25(35)16-6-4-8-19(13-16)32-24-23(31)26(36)34(27(24)37)22-15-18(29)10-11-21(22)30/h4-11,13-15,32H,2-3,12H2,1H3,(H,33,35). The molecule has 200 valence electrons. The fraction of sp³-hybridized carbons (Fsp3) is 0.143. The second-order valence-electron chi connectivity index (χ2n) is 8.46. The van der Waals surface area contributed by atoms with Crippen LogP contribution in [0, 0.1) is 0 Å². The van der Waals surface area contributed by atoms with E-state index in [0.717, 1.165) is 17.7 Å². The second kappa shape index (κ2) is 12.3. The van der Waals surface area contributed by atoms with Crippen molar-refractivity contribution in [3.63, 3.8) is 0 Å². The van der Waals surface area contributed by atoms with Gasteiger partial charge in [-0.1, -0.05) is 60.3 Å². The van der Waals surface area contributed by atoms with Gasteiger partial charge in [0.05, 0.1) is 22.9 Å². The van der Waals surface area contributed by atoms with Gasteiger partial charge in [0.1, 0.15) is 10.7 Å². The monoisotopic (exact) mass is 585 g/mol. The van der Waals surface area contributed by atoms with Crippen LogP contribution in [-0.2, 0) is 14.3 Å². The molecule has 3 aromatic rings. The van der Waals surface area contributed by atoms with Gasteiger partial charge >= 0.3 is 5.97 Å². The summed E-state index contributed by atoms with van der Waals surface area (Å²) in [6.45, 7) is 2.32. The molecule has 0 fully saturated rings. The van der Waals surface area contributed by atoms with E-state index in [0.29, 0.717) is 23.5 Å². The maximum Gasteiger partial charge on any atom is 0.338 e.